The van der Waals surface area contributed by atoms with E-state index in [-0.39, 0.29) is 18.5 Å². The highest BCUT2D eigenvalue weighted by atomic mass is 19.4. The van der Waals surface area contributed by atoms with E-state index >= 15 is 0 Å². The largest absolute Gasteiger partial charge is 0.405 e. The number of amides is 2. The maximum atomic E-state index is 12.5. The molecule has 0 aromatic heterocycles. The van der Waals surface area contributed by atoms with Crippen LogP contribution in [0.15, 0.2) is 18.2 Å². The van der Waals surface area contributed by atoms with Gasteiger partial charge in [-0.15, -0.1) is 0 Å². The Bertz CT molecular complexity index is 758. The van der Waals surface area contributed by atoms with Crippen LogP contribution in [-0.4, -0.2) is 49.1 Å². The number of hydrogen-bond donors (Lipinski definition) is 2. The molecule has 1 fully saturated rings. The summed E-state index contributed by atoms with van der Waals surface area (Å²) in [4.78, 5) is 26.3. The number of halogens is 3. The lowest BCUT2D eigenvalue weighted by Gasteiger charge is -2.31. The zero-order chi connectivity index (χ0) is 21.7. The molecule has 2 amide bonds. The number of benzene rings is 1. The molecule has 0 spiro atoms. The number of nitrogens with one attached hydrogen (secondary N) is 2. The Hall–Kier alpha value is -2.09. The summed E-state index contributed by atoms with van der Waals surface area (Å²) >= 11 is 0. The van der Waals surface area contributed by atoms with Gasteiger partial charge in [0.15, 0.2) is 0 Å². The van der Waals surface area contributed by atoms with E-state index in [2.05, 4.69) is 23.5 Å². The second kappa shape index (κ2) is 9.81. The molecule has 5 nitrogen and oxygen atoms in total. The van der Waals surface area contributed by atoms with Gasteiger partial charge in [0.1, 0.15) is 6.54 Å². The van der Waals surface area contributed by atoms with Gasteiger partial charge in [-0.05, 0) is 75.2 Å². The van der Waals surface area contributed by atoms with Gasteiger partial charge in [-0.25, -0.2) is 0 Å². The van der Waals surface area contributed by atoms with Gasteiger partial charge in [0, 0.05) is 5.92 Å². The molecule has 1 saturated heterocycles. The fraction of sp³-hybridized carbons (Fsp3) is 0.636. The molecule has 1 heterocycles. The minimum Gasteiger partial charge on any atom is -0.348 e. The van der Waals surface area contributed by atoms with Crippen LogP contribution in [0.4, 0.5) is 13.2 Å². The molecule has 1 aromatic carbocycles. The van der Waals surface area contributed by atoms with Crippen molar-refractivity contribution in [3.05, 3.63) is 34.9 Å². The van der Waals surface area contributed by atoms with Gasteiger partial charge in [0.2, 0.25) is 11.8 Å². The number of piperidine rings is 1. The van der Waals surface area contributed by atoms with E-state index in [4.69, 9.17) is 0 Å². The first-order valence-electron chi connectivity index (χ1n) is 10.7. The van der Waals surface area contributed by atoms with E-state index in [1.807, 2.05) is 17.1 Å². The third-order valence-corrected chi connectivity index (χ3v) is 6.04. The first-order valence-corrected chi connectivity index (χ1v) is 10.7. The minimum atomic E-state index is -4.40. The highest BCUT2D eigenvalue weighted by molar-refractivity contribution is 5.79. The van der Waals surface area contributed by atoms with Crippen molar-refractivity contribution in [2.24, 2.45) is 5.92 Å². The predicted octanol–water partition coefficient (Wildman–Crippen LogP) is 3.13. The Kier molecular flexibility index (Phi) is 7.39. The molecule has 0 bridgehead atoms. The molecule has 30 heavy (non-hydrogen) atoms. The Morgan fingerprint density at radius 1 is 1.13 bits per heavy atom. The van der Waals surface area contributed by atoms with Gasteiger partial charge in [-0.1, -0.05) is 18.2 Å². The van der Waals surface area contributed by atoms with Crippen LogP contribution >= 0.6 is 0 Å². The van der Waals surface area contributed by atoms with Gasteiger partial charge >= 0.3 is 6.18 Å². The standard InChI is InChI=1S/C22H30F3N3O2/c1-15(18-7-6-16-4-2-3-5-19(16)12-18)27-20(29)13-28-10-8-17(9-11-28)21(30)26-14-22(23,24)25/h6-7,12,15,17H,2-5,8-11,13-14H2,1H3,(H,26,30)(H,27,29). The second-order valence-corrected chi connectivity index (χ2v) is 8.41. The van der Waals surface area contributed by atoms with E-state index < -0.39 is 24.5 Å². The van der Waals surface area contributed by atoms with Crippen molar-refractivity contribution in [2.45, 2.75) is 57.7 Å². The Morgan fingerprint density at radius 2 is 1.80 bits per heavy atom. The number of rotatable bonds is 6. The Balaban J connectivity index is 1.42. The molecule has 2 N–H and O–H groups in total. The summed E-state index contributed by atoms with van der Waals surface area (Å²) < 4.78 is 36.7. The van der Waals surface area contributed by atoms with Crippen LogP contribution in [0.25, 0.3) is 0 Å². The number of alkyl halides is 3. The summed E-state index contributed by atoms with van der Waals surface area (Å²) in [6, 6.07) is 6.36. The molecule has 8 heteroatoms. The number of fused-ring (bicyclic) bond motifs is 1. The molecule has 2 aliphatic rings. The van der Waals surface area contributed by atoms with Crippen LogP contribution in [-0.2, 0) is 22.4 Å². The molecule has 1 aliphatic carbocycles. The maximum absolute atomic E-state index is 12.5. The van der Waals surface area contributed by atoms with E-state index in [1.54, 1.807) is 0 Å². The zero-order valence-electron chi connectivity index (χ0n) is 17.4. The van der Waals surface area contributed by atoms with Crippen LogP contribution in [0.2, 0.25) is 0 Å². The number of hydrogen-bond acceptors (Lipinski definition) is 3. The monoisotopic (exact) mass is 425 g/mol. The Morgan fingerprint density at radius 3 is 2.47 bits per heavy atom. The summed E-state index contributed by atoms with van der Waals surface area (Å²) in [5.74, 6) is -1.07. The first kappa shape index (κ1) is 22.6. The van der Waals surface area contributed by atoms with Gasteiger partial charge in [-0.2, -0.15) is 13.2 Å². The average molecular weight is 425 g/mol. The van der Waals surface area contributed by atoms with Crippen molar-refractivity contribution in [1.82, 2.24) is 15.5 Å². The van der Waals surface area contributed by atoms with E-state index in [0.717, 1.165) is 18.4 Å². The molecule has 1 aromatic rings. The summed E-state index contributed by atoms with van der Waals surface area (Å²) in [6.07, 6.45) is 1.18. The van der Waals surface area contributed by atoms with Gasteiger partial charge in [0.05, 0.1) is 12.6 Å². The number of carbonyl (C=O) groups excluding carboxylic acids is 2. The maximum Gasteiger partial charge on any atom is 0.405 e. The lowest BCUT2D eigenvalue weighted by molar-refractivity contribution is -0.141. The lowest BCUT2D eigenvalue weighted by atomic mass is 9.89. The smallest absolute Gasteiger partial charge is 0.348 e. The van der Waals surface area contributed by atoms with Crippen LogP contribution in [0.3, 0.4) is 0 Å². The predicted molar refractivity (Wildman–Crippen MR) is 108 cm³/mol. The van der Waals surface area contributed by atoms with Gasteiger partial charge in [0.25, 0.3) is 0 Å². The normalized spacial score (nSPS) is 19.1. The SMILES string of the molecule is CC(NC(=O)CN1CCC(C(=O)NCC(F)(F)F)CC1)c1ccc2c(c1)CCCC2. The highest BCUT2D eigenvalue weighted by Crippen LogP contribution is 2.25. The van der Waals surface area contributed by atoms with Crippen molar-refractivity contribution in [3.8, 4) is 0 Å². The number of carbonyl (C=O) groups is 2. The van der Waals surface area contributed by atoms with Crippen LogP contribution in [0, 0.1) is 5.92 Å². The fourth-order valence-corrected chi connectivity index (χ4v) is 4.28. The van der Waals surface area contributed by atoms with Gasteiger partial charge in [-0.3, -0.25) is 14.5 Å². The fourth-order valence-electron chi connectivity index (χ4n) is 4.28. The number of likely N-dealkylation sites (tertiary alicyclic amines) is 1. The average Bonchev–Trinajstić information content (AvgIpc) is 2.71. The second-order valence-electron chi connectivity index (χ2n) is 8.41. The van der Waals surface area contributed by atoms with Crippen LogP contribution in [0.1, 0.15) is 55.3 Å². The third kappa shape index (κ3) is 6.45. The molecule has 0 saturated carbocycles. The van der Waals surface area contributed by atoms with Gasteiger partial charge < -0.3 is 10.6 Å². The van der Waals surface area contributed by atoms with Crippen molar-refractivity contribution in [2.75, 3.05) is 26.2 Å². The van der Waals surface area contributed by atoms with Crippen molar-refractivity contribution in [1.29, 1.82) is 0 Å². The summed E-state index contributed by atoms with van der Waals surface area (Å²) in [5.41, 5.74) is 3.89. The summed E-state index contributed by atoms with van der Waals surface area (Å²) in [5, 5.41) is 4.99. The molecular weight excluding hydrogens is 395 g/mol. The number of aryl methyl sites for hydroxylation is 2. The van der Waals surface area contributed by atoms with Crippen molar-refractivity contribution >= 4 is 11.8 Å². The molecule has 166 valence electrons. The molecule has 1 aliphatic heterocycles. The van der Waals surface area contributed by atoms with Crippen molar-refractivity contribution in [3.63, 3.8) is 0 Å². The molecule has 0 radical (unpaired) electrons. The molecular formula is C22H30F3N3O2. The number of nitrogens with zero attached hydrogens (tertiary/aromatic N) is 1. The molecule has 1 unspecified atom stereocenters. The topological polar surface area (TPSA) is 61.4 Å². The quantitative estimate of drug-likeness (QED) is 0.736. The highest BCUT2D eigenvalue weighted by Gasteiger charge is 2.31. The minimum absolute atomic E-state index is 0.0832. The van der Waals surface area contributed by atoms with E-state index in [0.29, 0.717) is 25.9 Å². The van der Waals surface area contributed by atoms with Crippen molar-refractivity contribution < 1.29 is 22.8 Å². The third-order valence-electron chi connectivity index (χ3n) is 6.04. The van der Waals surface area contributed by atoms with E-state index in [1.165, 1.54) is 24.0 Å². The summed E-state index contributed by atoms with van der Waals surface area (Å²) in [7, 11) is 0. The lowest BCUT2D eigenvalue weighted by Crippen LogP contribution is -2.45. The zero-order valence-corrected chi connectivity index (χ0v) is 17.4. The molecule has 3 rings (SSSR count). The summed E-state index contributed by atoms with van der Waals surface area (Å²) in [6.45, 7) is 1.94. The first-order chi connectivity index (χ1) is 14.2. The van der Waals surface area contributed by atoms with E-state index in [9.17, 15) is 22.8 Å². The van der Waals surface area contributed by atoms with Crippen LogP contribution < -0.4 is 10.6 Å². The molecule has 1 atom stereocenters. The Labute approximate surface area is 175 Å². The van der Waals surface area contributed by atoms with Crippen LogP contribution in [0.5, 0.6) is 0 Å².